The summed E-state index contributed by atoms with van der Waals surface area (Å²) >= 11 is 4.62. The molecule has 0 bridgehead atoms. The Hall–Kier alpha value is -0.970. The molecule has 0 fully saturated rings. The lowest BCUT2D eigenvalue weighted by Crippen LogP contribution is -2.33. The SMILES string of the molecule is CN1C(=S)C(=O)N=C1N. The highest BCUT2D eigenvalue weighted by molar-refractivity contribution is 7.82. The van der Waals surface area contributed by atoms with Crippen LogP contribution in [0.3, 0.4) is 0 Å². The maximum absolute atomic E-state index is 10.5. The summed E-state index contributed by atoms with van der Waals surface area (Å²) in [6.07, 6.45) is 0. The van der Waals surface area contributed by atoms with Crippen molar-refractivity contribution < 1.29 is 4.79 Å². The van der Waals surface area contributed by atoms with E-state index in [0.29, 0.717) is 0 Å². The molecule has 1 rings (SSSR count). The maximum Gasteiger partial charge on any atom is 0.308 e. The normalized spacial score (nSPS) is 18.8. The Balaban J connectivity index is 2.95. The summed E-state index contributed by atoms with van der Waals surface area (Å²) in [4.78, 5) is 15.5. The zero-order chi connectivity index (χ0) is 7.02. The van der Waals surface area contributed by atoms with Crippen molar-refractivity contribution >= 4 is 29.1 Å². The van der Waals surface area contributed by atoms with Gasteiger partial charge in [0.25, 0.3) is 0 Å². The molecule has 0 saturated carbocycles. The molecule has 0 spiro atoms. The molecule has 0 unspecified atom stereocenters. The summed E-state index contributed by atoms with van der Waals surface area (Å²) in [5.74, 6) is -0.255. The molecule has 48 valence electrons. The van der Waals surface area contributed by atoms with Gasteiger partial charge in [0.2, 0.25) is 5.96 Å². The summed E-state index contributed by atoms with van der Waals surface area (Å²) in [6, 6.07) is 0. The predicted octanol–water partition coefficient (Wildman–Crippen LogP) is -0.899. The van der Waals surface area contributed by atoms with E-state index in [9.17, 15) is 4.79 Å². The molecule has 0 radical (unpaired) electrons. The number of nitrogens with two attached hydrogens (primary N) is 1. The Morgan fingerprint density at radius 3 is 2.44 bits per heavy atom. The van der Waals surface area contributed by atoms with Crippen molar-refractivity contribution in [3.8, 4) is 0 Å². The first-order valence-electron chi connectivity index (χ1n) is 2.29. The summed E-state index contributed by atoms with van der Waals surface area (Å²) < 4.78 is 0. The highest BCUT2D eigenvalue weighted by atomic mass is 32.1. The first-order valence-corrected chi connectivity index (χ1v) is 2.70. The second-order valence-corrected chi connectivity index (χ2v) is 2.03. The van der Waals surface area contributed by atoms with E-state index < -0.39 is 5.91 Å². The summed E-state index contributed by atoms with van der Waals surface area (Å²) in [5, 5.41) is 0. The van der Waals surface area contributed by atoms with E-state index in [1.54, 1.807) is 7.05 Å². The van der Waals surface area contributed by atoms with Crippen LogP contribution >= 0.6 is 12.2 Å². The van der Waals surface area contributed by atoms with Crippen LogP contribution in [0.15, 0.2) is 4.99 Å². The molecule has 0 aromatic heterocycles. The molecule has 1 heterocycles. The van der Waals surface area contributed by atoms with E-state index in [-0.39, 0.29) is 10.9 Å². The van der Waals surface area contributed by atoms with Crippen molar-refractivity contribution in [1.29, 1.82) is 0 Å². The molecular formula is C4H5N3OS. The third-order valence-electron chi connectivity index (χ3n) is 1.05. The van der Waals surface area contributed by atoms with Gasteiger partial charge in [-0.05, 0) is 0 Å². The van der Waals surface area contributed by atoms with E-state index >= 15 is 0 Å². The second-order valence-electron chi connectivity index (χ2n) is 1.64. The zero-order valence-electron chi connectivity index (χ0n) is 4.79. The molecule has 1 aliphatic heterocycles. The van der Waals surface area contributed by atoms with Gasteiger partial charge in [-0.3, -0.25) is 4.79 Å². The Morgan fingerprint density at radius 2 is 2.33 bits per heavy atom. The molecule has 0 saturated heterocycles. The van der Waals surface area contributed by atoms with Crippen LogP contribution in [-0.4, -0.2) is 28.8 Å². The van der Waals surface area contributed by atoms with E-state index in [2.05, 4.69) is 17.2 Å². The largest absolute Gasteiger partial charge is 0.369 e. The fourth-order valence-corrected chi connectivity index (χ4v) is 0.614. The van der Waals surface area contributed by atoms with E-state index in [4.69, 9.17) is 5.73 Å². The van der Waals surface area contributed by atoms with Crippen LogP contribution in [0.1, 0.15) is 0 Å². The molecule has 4 nitrogen and oxygen atoms in total. The first kappa shape index (κ1) is 6.15. The minimum atomic E-state index is -0.426. The van der Waals surface area contributed by atoms with Gasteiger partial charge in [-0.2, -0.15) is 4.99 Å². The van der Waals surface area contributed by atoms with Crippen LogP contribution in [0.25, 0.3) is 0 Å². The summed E-state index contributed by atoms with van der Waals surface area (Å²) in [5.41, 5.74) is 5.23. The van der Waals surface area contributed by atoms with Crippen LogP contribution in [0.5, 0.6) is 0 Å². The molecule has 0 aromatic rings. The highest BCUT2D eigenvalue weighted by Crippen LogP contribution is 1.98. The quantitative estimate of drug-likeness (QED) is 0.446. The van der Waals surface area contributed by atoms with Crippen LogP contribution in [0, 0.1) is 0 Å². The minimum Gasteiger partial charge on any atom is -0.369 e. The number of rotatable bonds is 0. The molecule has 5 heteroatoms. The predicted molar refractivity (Wildman–Crippen MR) is 37.0 cm³/mol. The highest BCUT2D eigenvalue weighted by Gasteiger charge is 2.23. The third-order valence-corrected chi connectivity index (χ3v) is 1.50. The molecule has 1 aliphatic rings. The number of hydrogen-bond donors (Lipinski definition) is 1. The average molecular weight is 143 g/mol. The number of likely N-dealkylation sites (N-methyl/N-ethyl adjacent to an activating group) is 1. The van der Waals surface area contributed by atoms with Crippen LogP contribution in [0.4, 0.5) is 0 Å². The Kier molecular flexibility index (Phi) is 1.21. The van der Waals surface area contributed by atoms with Crippen LogP contribution < -0.4 is 5.73 Å². The van der Waals surface area contributed by atoms with Crippen molar-refractivity contribution in [2.75, 3.05) is 7.05 Å². The number of amides is 1. The Labute approximate surface area is 57.3 Å². The topological polar surface area (TPSA) is 58.7 Å². The number of carbonyl (C=O) groups is 1. The fourth-order valence-electron chi connectivity index (χ4n) is 0.474. The molecular weight excluding hydrogens is 138 g/mol. The van der Waals surface area contributed by atoms with Gasteiger partial charge in [-0.15, -0.1) is 0 Å². The number of carbonyl (C=O) groups excluding carboxylic acids is 1. The van der Waals surface area contributed by atoms with E-state index in [1.165, 1.54) is 4.90 Å². The van der Waals surface area contributed by atoms with Crippen molar-refractivity contribution in [2.24, 2.45) is 10.7 Å². The lowest BCUT2D eigenvalue weighted by atomic mass is 10.6. The van der Waals surface area contributed by atoms with Crippen molar-refractivity contribution in [3.05, 3.63) is 0 Å². The molecule has 0 atom stereocenters. The number of thiocarbonyl (C=S) groups is 1. The van der Waals surface area contributed by atoms with Gasteiger partial charge in [-0.1, -0.05) is 12.2 Å². The summed E-state index contributed by atoms with van der Waals surface area (Å²) in [7, 11) is 1.60. The smallest absolute Gasteiger partial charge is 0.308 e. The zero-order valence-corrected chi connectivity index (χ0v) is 5.60. The van der Waals surface area contributed by atoms with Crippen molar-refractivity contribution in [3.63, 3.8) is 0 Å². The number of guanidine groups is 1. The van der Waals surface area contributed by atoms with Gasteiger partial charge >= 0.3 is 5.91 Å². The van der Waals surface area contributed by atoms with Gasteiger partial charge < -0.3 is 10.6 Å². The lowest BCUT2D eigenvalue weighted by Gasteiger charge is -2.06. The number of hydrogen-bond acceptors (Lipinski definition) is 3. The van der Waals surface area contributed by atoms with Gasteiger partial charge in [0.05, 0.1) is 0 Å². The van der Waals surface area contributed by atoms with Gasteiger partial charge in [-0.25, -0.2) is 0 Å². The maximum atomic E-state index is 10.5. The molecule has 0 aromatic carbocycles. The summed E-state index contributed by atoms with van der Waals surface area (Å²) in [6.45, 7) is 0. The second kappa shape index (κ2) is 1.77. The van der Waals surface area contributed by atoms with Crippen LogP contribution in [-0.2, 0) is 4.79 Å². The van der Waals surface area contributed by atoms with E-state index in [1.807, 2.05) is 0 Å². The molecule has 0 aliphatic carbocycles. The first-order chi connectivity index (χ1) is 4.13. The van der Waals surface area contributed by atoms with E-state index in [0.717, 1.165) is 0 Å². The van der Waals surface area contributed by atoms with Gasteiger partial charge in [0.1, 0.15) is 0 Å². The van der Waals surface area contributed by atoms with Crippen molar-refractivity contribution in [2.45, 2.75) is 0 Å². The molecule has 2 N–H and O–H groups in total. The Morgan fingerprint density at radius 1 is 1.78 bits per heavy atom. The third kappa shape index (κ3) is 0.787. The van der Waals surface area contributed by atoms with Gasteiger partial charge in [0.15, 0.2) is 4.99 Å². The molecule has 1 amide bonds. The standard InChI is InChI=1S/C4H5N3OS/c1-7-3(9)2(8)6-4(7)5/h1H3,(H2,5,6,8). The monoisotopic (exact) mass is 143 g/mol. The Bertz CT molecular complexity index is 210. The van der Waals surface area contributed by atoms with Crippen molar-refractivity contribution in [1.82, 2.24) is 4.90 Å². The average Bonchev–Trinajstić information content (AvgIpc) is 1.98. The minimum absolute atomic E-state index is 0.160. The number of aliphatic imine (C=N–C) groups is 1. The van der Waals surface area contributed by atoms with Crippen LogP contribution in [0.2, 0.25) is 0 Å². The molecule has 9 heavy (non-hydrogen) atoms. The lowest BCUT2D eigenvalue weighted by molar-refractivity contribution is -0.111. The van der Waals surface area contributed by atoms with Gasteiger partial charge in [0, 0.05) is 7.05 Å². The number of nitrogens with zero attached hydrogens (tertiary/aromatic N) is 2. The fraction of sp³-hybridized carbons (Fsp3) is 0.250.